The number of aliphatic hydroxyl groups excluding tert-OH is 1. The number of rotatable bonds is 35. The molecule has 80 heavy (non-hydrogen) atoms. The van der Waals surface area contributed by atoms with Crippen molar-refractivity contribution in [2.45, 2.75) is 103 Å². The first-order valence-electron chi connectivity index (χ1n) is 29.1. The number of piperazine rings is 1. The van der Waals surface area contributed by atoms with E-state index in [9.17, 15) is 14.7 Å². The van der Waals surface area contributed by atoms with Gasteiger partial charge in [0.25, 0.3) is 5.56 Å². The smallest absolute Gasteiger partial charge is 0.415 e. The summed E-state index contributed by atoms with van der Waals surface area (Å²) in [5, 5.41) is 24.9. The highest BCUT2D eigenvalue weighted by Crippen LogP contribution is 2.40. The summed E-state index contributed by atoms with van der Waals surface area (Å²) < 4.78 is 43.1. The van der Waals surface area contributed by atoms with Gasteiger partial charge >= 0.3 is 6.09 Å². The first-order chi connectivity index (χ1) is 39.3. The number of ether oxygens (including phenoxy) is 7. The summed E-state index contributed by atoms with van der Waals surface area (Å²) in [5.41, 5.74) is 6.02. The normalized spacial score (nSPS) is 17.6. The second-order valence-corrected chi connectivity index (χ2v) is 21.0. The molecule has 22 heteroatoms. The molecule has 3 atom stereocenters. The van der Waals surface area contributed by atoms with Crippen LogP contribution < -0.4 is 31.3 Å². The summed E-state index contributed by atoms with van der Waals surface area (Å²) in [6.45, 7) is 15.6. The molecule has 0 unspecified atom stereocenters. The molecule has 0 spiro atoms. The zero-order valence-corrected chi connectivity index (χ0v) is 46.9. The van der Waals surface area contributed by atoms with Crippen LogP contribution in [0.5, 0.6) is 0 Å². The SMILES string of the molecule is CCc1cnn2c(NCc3ccc(=O)n(CCOCCOCCOCCOCCOCCOCCN4C(=O)OCc5cnc(N[C@@H](C)c6ccc([C@H](CC7CC7)N7CCNCC7)cc6)nc54)c3)cc(N3CCCC[C@H]3CCO)nc12. The van der Waals surface area contributed by atoms with Gasteiger partial charge in [0.2, 0.25) is 5.95 Å². The van der Waals surface area contributed by atoms with Crippen molar-refractivity contribution in [1.29, 1.82) is 0 Å². The number of hydrogen-bond donors (Lipinski definition) is 4. The lowest BCUT2D eigenvalue weighted by molar-refractivity contribution is -0.0167. The van der Waals surface area contributed by atoms with Crippen LogP contribution in [0.1, 0.15) is 98.7 Å². The molecule has 4 aromatic heterocycles. The molecule has 5 aromatic rings. The minimum absolute atomic E-state index is 0.0449. The van der Waals surface area contributed by atoms with Gasteiger partial charge in [-0.2, -0.15) is 14.6 Å². The molecule has 1 amide bonds. The van der Waals surface area contributed by atoms with Crippen LogP contribution in [0.4, 0.5) is 28.2 Å². The topological polar surface area (TPSA) is 226 Å². The molecule has 0 bridgehead atoms. The molecule has 4 aliphatic rings. The third-order valence-corrected chi connectivity index (χ3v) is 15.3. The van der Waals surface area contributed by atoms with Crippen molar-refractivity contribution >= 4 is 35.1 Å². The molecular formula is C58H84N12O10. The van der Waals surface area contributed by atoms with Crippen LogP contribution in [-0.2, 0) is 59.3 Å². The molecule has 3 aliphatic heterocycles. The van der Waals surface area contributed by atoms with Crippen LogP contribution in [0.15, 0.2) is 65.8 Å². The average Bonchev–Trinajstić information content (AvgIpc) is 4.40. The maximum Gasteiger partial charge on any atom is 0.415 e. The minimum Gasteiger partial charge on any atom is -0.444 e. The van der Waals surface area contributed by atoms with Crippen LogP contribution in [0.3, 0.4) is 0 Å². The van der Waals surface area contributed by atoms with Gasteiger partial charge in [-0.15, -0.1) is 0 Å². The molecule has 7 heterocycles. The highest BCUT2D eigenvalue weighted by Gasteiger charge is 2.32. The fraction of sp³-hybridized carbons (Fsp3) is 0.621. The van der Waals surface area contributed by atoms with Gasteiger partial charge in [-0.05, 0) is 68.1 Å². The lowest BCUT2D eigenvalue weighted by Crippen LogP contribution is -2.45. The van der Waals surface area contributed by atoms with Crippen LogP contribution in [0, 0.1) is 5.92 Å². The number of piperidine rings is 1. The molecule has 9 rings (SSSR count). The van der Waals surface area contributed by atoms with E-state index in [2.05, 4.69) is 73.9 Å². The largest absolute Gasteiger partial charge is 0.444 e. The van der Waals surface area contributed by atoms with Crippen LogP contribution in [0.25, 0.3) is 5.65 Å². The van der Waals surface area contributed by atoms with Crippen LogP contribution in [-0.4, -0.2) is 176 Å². The van der Waals surface area contributed by atoms with Crippen molar-refractivity contribution in [2.24, 2.45) is 5.92 Å². The number of hydrogen-bond acceptors (Lipinski definition) is 19. The van der Waals surface area contributed by atoms with E-state index in [0.29, 0.717) is 110 Å². The zero-order chi connectivity index (χ0) is 55.3. The van der Waals surface area contributed by atoms with Crippen molar-refractivity contribution in [1.82, 2.24) is 39.3 Å². The van der Waals surface area contributed by atoms with E-state index < -0.39 is 6.09 Å². The Kier molecular flexibility index (Phi) is 22.7. The third kappa shape index (κ3) is 16.9. The predicted octanol–water partition coefficient (Wildman–Crippen LogP) is 5.77. The van der Waals surface area contributed by atoms with Crippen molar-refractivity contribution in [3.8, 4) is 0 Å². The summed E-state index contributed by atoms with van der Waals surface area (Å²) in [6.07, 6.45) is 13.7. The van der Waals surface area contributed by atoms with E-state index in [4.69, 9.17) is 43.1 Å². The summed E-state index contributed by atoms with van der Waals surface area (Å²) in [4.78, 5) is 46.4. The number of cyclic esters (lactones) is 1. The van der Waals surface area contributed by atoms with Gasteiger partial charge in [0, 0.05) is 94.6 Å². The molecule has 1 saturated carbocycles. The Labute approximate surface area is 469 Å². The number of pyridine rings is 1. The van der Waals surface area contributed by atoms with E-state index in [-0.39, 0.29) is 44.0 Å². The number of nitrogens with zero attached hydrogens (tertiary/aromatic N) is 9. The number of fused-ring (bicyclic) bond motifs is 2. The average molecular weight is 1110 g/mol. The summed E-state index contributed by atoms with van der Waals surface area (Å²) in [7, 11) is 0. The van der Waals surface area contributed by atoms with E-state index in [0.717, 1.165) is 104 Å². The Balaban J connectivity index is 0.583. The lowest BCUT2D eigenvalue weighted by Gasteiger charge is -2.36. The van der Waals surface area contributed by atoms with Gasteiger partial charge in [-0.1, -0.05) is 50.1 Å². The number of carbonyl (C=O) groups excluding carboxylic acids is 1. The van der Waals surface area contributed by atoms with E-state index in [1.165, 1.54) is 29.7 Å². The second kappa shape index (κ2) is 30.8. The highest BCUT2D eigenvalue weighted by atomic mass is 16.6. The number of nitrogens with one attached hydrogen (secondary N) is 3. The first kappa shape index (κ1) is 58.8. The molecule has 4 N–H and O–H groups in total. The molecule has 436 valence electrons. The third-order valence-electron chi connectivity index (χ3n) is 15.3. The Morgan fingerprint density at radius 1 is 0.787 bits per heavy atom. The van der Waals surface area contributed by atoms with Gasteiger partial charge < -0.3 is 63.7 Å². The second-order valence-electron chi connectivity index (χ2n) is 21.0. The number of aryl methyl sites for hydroxylation is 1. The number of aliphatic hydroxyl groups is 1. The monoisotopic (exact) mass is 1110 g/mol. The van der Waals surface area contributed by atoms with Crippen molar-refractivity contribution in [2.75, 3.05) is 146 Å². The summed E-state index contributed by atoms with van der Waals surface area (Å²) >= 11 is 0. The Morgan fingerprint density at radius 2 is 1.46 bits per heavy atom. The number of anilines is 4. The molecular weight excluding hydrogens is 1020 g/mol. The Bertz CT molecular complexity index is 2740. The van der Waals surface area contributed by atoms with Crippen molar-refractivity contribution < 1.29 is 43.1 Å². The fourth-order valence-corrected chi connectivity index (χ4v) is 10.6. The van der Waals surface area contributed by atoms with Crippen molar-refractivity contribution in [3.63, 3.8) is 0 Å². The number of benzene rings is 1. The quantitative estimate of drug-likeness (QED) is 0.0353. The minimum atomic E-state index is -0.465. The highest BCUT2D eigenvalue weighted by molar-refractivity contribution is 5.89. The molecule has 3 fully saturated rings. The van der Waals surface area contributed by atoms with Gasteiger partial charge in [-0.3, -0.25) is 14.6 Å². The van der Waals surface area contributed by atoms with Crippen molar-refractivity contribution in [3.05, 3.63) is 99.2 Å². The van der Waals surface area contributed by atoms with Crippen LogP contribution >= 0.6 is 0 Å². The molecule has 2 saturated heterocycles. The predicted molar refractivity (Wildman–Crippen MR) is 305 cm³/mol. The standard InChI is InChI=1S/C58H84N12O10/c1-3-46-40-62-70-52(37-53(64-56(46)70)68-18-5-4-6-50(68)15-23-71)60-38-45-9-14-54(72)67(41-45)21-24-74-26-28-76-30-32-78-34-35-79-33-31-77-29-27-75-25-22-69-55-49(42-80-58(69)73)39-61-57(65-55)63-43(2)47-10-12-48(13-11-47)51(36-44-7-8-44)66-19-16-59-17-20-66/h9-14,37,39-41,43-44,50-51,59-60,71H,3-8,15-36,38,42H2,1-2H3,(H,61,63,65)/t43-,50-,51-/m0/s1. The first-order valence-corrected chi connectivity index (χ1v) is 29.1. The summed E-state index contributed by atoms with van der Waals surface area (Å²) in [6, 6.07) is 15.1. The van der Waals surface area contributed by atoms with Gasteiger partial charge in [0.15, 0.2) is 5.65 Å². The van der Waals surface area contributed by atoms with E-state index in [1.807, 2.05) is 29.0 Å². The molecule has 22 nitrogen and oxygen atoms in total. The lowest BCUT2D eigenvalue weighted by atomic mass is 9.96. The Hall–Kier alpha value is -5.82. The van der Waals surface area contributed by atoms with Gasteiger partial charge in [-0.25, -0.2) is 14.8 Å². The molecule has 0 radical (unpaired) electrons. The fourth-order valence-electron chi connectivity index (χ4n) is 10.6. The van der Waals surface area contributed by atoms with Gasteiger partial charge in [0.1, 0.15) is 24.1 Å². The number of carbonyl (C=O) groups is 1. The number of aromatic nitrogens is 6. The van der Waals surface area contributed by atoms with E-state index >= 15 is 0 Å². The summed E-state index contributed by atoms with van der Waals surface area (Å²) in [5.74, 6) is 3.53. The number of amides is 1. The van der Waals surface area contributed by atoms with Crippen LogP contribution in [0.2, 0.25) is 0 Å². The zero-order valence-electron chi connectivity index (χ0n) is 46.9. The molecule has 1 aliphatic carbocycles. The van der Waals surface area contributed by atoms with E-state index in [1.54, 1.807) is 16.8 Å². The van der Waals surface area contributed by atoms with Gasteiger partial charge in [0.05, 0.1) is 104 Å². The maximum absolute atomic E-state index is 12.9. The maximum atomic E-state index is 12.9. The Morgan fingerprint density at radius 3 is 2.14 bits per heavy atom. The molecule has 1 aromatic carbocycles.